The molecular formula is C25H31B4N3O5. The number of nitrogens with zero attached hydrogens (tertiary/aromatic N) is 2. The van der Waals surface area contributed by atoms with Crippen LogP contribution in [-0.4, -0.2) is 91.3 Å². The van der Waals surface area contributed by atoms with Crippen molar-refractivity contribution in [1.82, 2.24) is 15.1 Å². The van der Waals surface area contributed by atoms with Gasteiger partial charge in [-0.1, -0.05) is 35.8 Å². The number of fused-ring (bicyclic) bond motifs is 1. The molecule has 12 heteroatoms. The highest BCUT2D eigenvalue weighted by molar-refractivity contribution is 6.48. The lowest BCUT2D eigenvalue weighted by Gasteiger charge is -2.40. The molecule has 2 aromatic carbocycles. The van der Waals surface area contributed by atoms with Gasteiger partial charge < -0.3 is 14.4 Å². The van der Waals surface area contributed by atoms with E-state index in [4.69, 9.17) is 9.47 Å². The number of hydrogen-bond acceptors (Lipinski definition) is 6. The van der Waals surface area contributed by atoms with Crippen LogP contribution in [0.2, 0.25) is 0 Å². The van der Waals surface area contributed by atoms with E-state index in [9.17, 15) is 14.4 Å². The van der Waals surface area contributed by atoms with Crippen LogP contribution in [0.25, 0.3) is 0 Å². The maximum atomic E-state index is 13.7. The third-order valence-corrected chi connectivity index (χ3v) is 7.75. The summed E-state index contributed by atoms with van der Waals surface area (Å²) in [6, 6.07) is 9.73. The highest BCUT2D eigenvalue weighted by Crippen LogP contribution is 2.41. The molecule has 5 rings (SSSR count). The van der Waals surface area contributed by atoms with Gasteiger partial charge in [-0.2, -0.15) is 0 Å². The van der Waals surface area contributed by atoms with Crippen molar-refractivity contribution >= 4 is 60.0 Å². The summed E-state index contributed by atoms with van der Waals surface area (Å²) in [6.07, 6.45) is 0.536. The van der Waals surface area contributed by atoms with Gasteiger partial charge in [-0.15, -0.1) is 0 Å². The van der Waals surface area contributed by atoms with Gasteiger partial charge in [0.25, 0.3) is 5.91 Å². The van der Waals surface area contributed by atoms with Crippen molar-refractivity contribution in [3.05, 3.63) is 52.6 Å². The topological polar surface area (TPSA) is 88.2 Å². The molecule has 2 fully saturated rings. The van der Waals surface area contributed by atoms with Gasteiger partial charge in [0.15, 0.2) is 0 Å². The number of hydrogen-bond donors (Lipinski definition) is 1. The van der Waals surface area contributed by atoms with E-state index >= 15 is 0 Å². The molecule has 37 heavy (non-hydrogen) atoms. The lowest BCUT2D eigenvalue weighted by atomic mass is 9.56. The second-order valence-electron chi connectivity index (χ2n) is 10.8. The summed E-state index contributed by atoms with van der Waals surface area (Å²) in [7, 11) is 7.81. The maximum Gasteiger partial charge on any atom is 0.253 e. The Bertz CT molecular complexity index is 1250. The molecule has 0 saturated carbocycles. The van der Waals surface area contributed by atoms with Crippen molar-refractivity contribution < 1.29 is 23.9 Å². The van der Waals surface area contributed by atoms with Crippen LogP contribution in [0.5, 0.6) is 5.75 Å². The van der Waals surface area contributed by atoms with Crippen LogP contribution in [0.3, 0.4) is 0 Å². The van der Waals surface area contributed by atoms with E-state index in [-0.39, 0.29) is 18.2 Å². The Balaban J connectivity index is 1.38. The van der Waals surface area contributed by atoms with Crippen LogP contribution in [0, 0.1) is 0 Å². The number of carbonyl (C=O) groups is 3. The highest BCUT2D eigenvalue weighted by atomic mass is 16.5. The first-order chi connectivity index (χ1) is 17.7. The van der Waals surface area contributed by atoms with E-state index in [1.807, 2.05) is 37.5 Å². The van der Waals surface area contributed by atoms with Gasteiger partial charge in [0.2, 0.25) is 11.8 Å². The number of piperidine rings is 1. The molecule has 0 radical (unpaired) electrons. The van der Waals surface area contributed by atoms with Gasteiger partial charge in [0.05, 0.1) is 13.2 Å². The molecule has 3 aliphatic heterocycles. The maximum absolute atomic E-state index is 13.7. The van der Waals surface area contributed by atoms with Gasteiger partial charge in [-0.05, 0) is 23.0 Å². The normalized spacial score (nSPS) is 21.6. The molecule has 1 unspecified atom stereocenters. The average molecular weight is 497 g/mol. The molecule has 2 aromatic rings. The third kappa shape index (κ3) is 4.84. The Morgan fingerprint density at radius 1 is 1.03 bits per heavy atom. The van der Waals surface area contributed by atoms with Gasteiger partial charge in [0.1, 0.15) is 49.8 Å². The quantitative estimate of drug-likeness (QED) is 0.327. The zero-order chi connectivity index (χ0) is 26.3. The van der Waals surface area contributed by atoms with Crippen molar-refractivity contribution in [3.63, 3.8) is 0 Å². The molecule has 2 saturated heterocycles. The highest BCUT2D eigenvalue weighted by Gasteiger charge is 2.51. The van der Waals surface area contributed by atoms with Crippen LogP contribution in [0.15, 0.2) is 30.3 Å². The largest absolute Gasteiger partial charge is 0.489 e. The molecule has 3 amide bonds. The van der Waals surface area contributed by atoms with Gasteiger partial charge in [-0.3, -0.25) is 24.6 Å². The predicted octanol–water partition coefficient (Wildman–Crippen LogP) is -3.75. The second kappa shape index (κ2) is 10.1. The van der Waals surface area contributed by atoms with Crippen molar-refractivity contribution in [2.45, 2.75) is 37.4 Å². The minimum absolute atomic E-state index is 0.190. The molecule has 1 N–H and O–H groups in total. The summed E-state index contributed by atoms with van der Waals surface area (Å²) in [5.74, 6) is -0.217. The van der Waals surface area contributed by atoms with E-state index < -0.39 is 17.3 Å². The van der Waals surface area contributed by atoms with Gasteiger partial charge in [-0.25, -0.2) is 0 Å². The first-order valence-corrected chi connectivity index (χ1v) is 13.0. The molecule has 0 aliphatic carbocycles. The zero-order valence-corrected chi connectivity index (χ0v) is 22.1. The van der Waals surface area contributed by atoms with Crippen molar-refractivity contribution in [3.8, 4) is 5.75 Å². The Hall–Kier alpha value is -2.97. The standard InChI is InChI=1S/C25H31B4N3O5/c26-16-11-17(27)22(37-13-15-3-1-14(2-4-15)12-31-7-9-36-10-8-31)21-20(16)24(35)32(25(21,28)29)18-5-6-19(33)30-23(18)34/h1-4,11,18H,5-10,12-13,26-29H2,(H,30,33,34). The fourth-order valence-corrected chi connectivity index (χ4v) is 5.88. The molecule has 1 atom stereocenters. The number of ether oxygens (including phenoxy) is 2. The lowest BCUT2D eigenvalue weighted by Crippen LogP contribution is -2.59. The molecule has 0 bridgehead atoms. The molecule has 0 spiro atoms. The summed E-state index contributed by atoms with van der Waals surface area (Å²) in [5.41, 5.74) is 5.51. The van der Waals surface area contributed by atoms with Crippen molar-refractivity contribution in [2.24, 2.45) is 0 Å². The minimum Gasteiger partial charge on any atom is -0.489 e. The van der Waals surface area contributed by atoms with Crippen LogP contribution in [0.1, 0.15) is 39.9 Å². The molecule has 8 nitrogen and oxygen atoms in total. The minimum atomic E-state index is -0.775. The Kier molecular flexibility index (Phi) is 6.98. The number of imide groups is 1. The van der Waals surface area contributed by atoms with Crippen molar-refractivity contribution in [2.75, 3.05) is 26.3 Å². The van der Waals surface area contributed by atoms with Crippen LogP contribution in [0.4, 0.5) is 0 Å². The zero-order valence-electron chi connectivity index (χ0n) is 22.1. The van der Waals surface area contributed by atoms with Gasteiger partial charge >= 0.3 is 0 Å². The van der Waals surface area contributed by atoms with Crippen LogP contribution >= 0.6 is 0 Å². The lowest BCUT2D eigenvalue weighted by molar-refractivity contribution is -0.137. The molecule has 3 aliphatic rings. The number of carbonyl (C=O) groups excluding carboxylic acids is 3. The van der Waals surface area contributed by atoms with Crippen LogP contribution in [-0.2, 0) is 32.8 Å². The Labute approximate surface area is 221 Å². The van der Waals surface area contributed by atoms with E-state index in [1.165, 1.54) is 5.56 Å². The molecule has 188 valence electrons. The van der Waals surface area contributed by atoms with E-state index in [2.05, 4.69) is 34.5 Å². The van der Waals surface area contributed by atoms with Gasteiger partial charge in [0, 0.05) is 42.5 Å². The van der Waals surface area contributed by atoms with E-state index in [1.54, 1.807) is 4.90 Å². The first-order valence-electron chi connectivity index (χ1n) is 13.0. The number of morpholine rings is 1. The second-order valence-corrected chi connectivity index (χ2v) is 10.8. The van der Waals surface area contributed by atoms with Crippen molar-refractivity contribution in [1.29, 1.82) is 0 Å². The van der Waals surface area contributed by atoms with Crippen LogP contribution < -0.4 is 21.0 Å². The van der Waals surface area contributed by atoms with E-state index in [0.717, 1.165) is 54.9 Å². The Morgan fingerprint density at radius 2 is 1.70 bits per heavy atom. The van der Waals surface area contributed by atoms with E-state index in [0.29, 0.717) is 24.3 Å². The average Bonchev–Trinajstić information content (AvgIpc) is 3.06. The third-order valence-electron chi connectivity index (χ3n) is 7.75. The monoisotopic (exact) mass is 497 g/mol. The number of nitrogens with one attached hydrogen (secondary N) is 1. The number of amides is 3. The Morgan fingerprint density at radius 3 is 2.38 bits per heavy atom. The predicted molar refractivity (Wildman–Crippen MR) is 151 cm³/mol. The summed E-state index contributed by atoms with van der Waals surface area (Å²) < 4.78 is 11.8. The summed E-state index contributed by atoms with van der Waals surface area (Å²) in [5, 5.41) is 1.62. The smallest absolute Gasteiger partial charge is 0.253 e. The SMILES string of the molecule is Bc1cc(B)c2c(c1OCc1ccc(CN3CCOCC3)cc1)C(B)(B)N(C1CCC(=O)NC1=O)C2=O. The fourth-order valence-electron chi connectivity index (χ4n) is 5.88. The summed E-state index contributed by atoms with van der Waals surface area (Å²) in [4.78, 5) is 42.2. The summed E-state index contributed by atoms with van der Waals surface area (Å²) in [6.45, 7) is 4.75. The number of benzene rings is 2. The fraction of sp³-hybridized carbons (Fsp3) is 0.400. The molecular weight excluding hydrogens is 466 g/mol. The number of rotatable bonds is 6. The molecule has 3 heterocycles. The molecule has 0 aromatic heterocycles. The first kappa shape index (κ1) is 25.7. The summed E-state index contributed by atoms with van der Waals surface area (Å²) >= 11 is 0.